The lowest BCUT2D eigenvalue weighted by Crippen LogP contribution is -2.48. The molecule has 2 amide bonds. The normalized spacial score (nSPS) is 14.5. The molecule has 39 heavy (non-hydrogen) atoms. The quantitative estimate of drug-likeness (QED) is 0.457. The fraction of sp³-hybridized carbons (Fsp3) is 0.448. The largest absolute Gasteiger partial charge is 0.497 e. The van der Waals surface area contributed by atoms with E-state index in [1.807, 2.05) is 18.7 Å². The molecule has 0 aliphatic carbocycles. The SMILES string of the molecule is CCN1CCN(C(=O)c2ccc(-n3c(C(=O)NC(C)C)nnc3-c3ccc(OC)cc3C(C)(C)O)cc2)CC1. The number of amides is 2. The van der Waals surface area contributed by atoms with E-state index in [0.29, 0.717) is 47.0 Å². The standard InChI is InChI=1S/C29H38N6O4/c1-7-33-14-16-34(17-15-33)28(37)20-8-10-21(11-9-20)35-25(31-32-26(35)27(36)30-19(2)3)23-13-12-22(39-6)18-24(23)29(4,5)38/h8-13,18-19,38H,7,14-17H2,1-6H3,(H,30,36). The Bertz CT molecular complexity index is 1320. The van der Waals surface area contributed by atoms with E-state index in [0.717, 1.165) is 19.6 Å². The summed E-state index contributed by atoms with van der Waals surface area (Å²) in [6.07, 6.45) is 0. The zero-order valence-corrected chi connectivity index (χ0v) is 23.6. The van der Waals surface area contributed by atoms with E-state index in [-0.39, 0.29) is 23.7 Å². The van der Waals surface area contributed by atoms with Gasteiger partial charge in [-0.3, -0.25) is 14.2 Å². The third kappa shape index (κ3) is 6.12. The number of benzene rings is 2. The fourth-order valence-electron chi connectivity index (χ4n) is 4.73. The van der Waals surface area contributed by atoms with Crippen LogP contribution in [-0.4, -0.2) is 87.4 Å². The van der Waals surface area contributed by atoms with Crippen molar-refractivity contribution in [3.8, 4) is 22.8 Å². The van der Waals surface area contributed by atoms with Crippen LogP contribution in [0.25, 0.3) is 17.1 Å². The second-order valence-electron chi connectivity index (χ2n) is 10.6. The molecule has 1 aliphatic heterocycles. The van der Waals surface area contributed by atoms with Gasteiger partial charge in [0.25, 0.3) is 11.8 Å². The number of aromatic nitrogens is 3. The summed E-state index contributed by atoms with van der Waals surface area (Å²) in [6.45, 7) is 13.3. The van der Waals surface area contributed by atoms with E-state index >= 15 is 0 Å². The summed E-state index contributed by atoms with van der Waals surface area (Å²) in [4.78, 5) is 30.5. The van der Waals surface area contributed by atoms with E-state index in [1.165, 1.54) is 0 Å². The summed E-state index contributed by atoms with van der Waals surface area (Å²) >= 11 is 0. The summed E-state index contributed by atoms with van der Waals surface area (Å²) in [7, 11) is 1.56. The van der Waals surface area contributed by atoms with Crippen molar-refractivity contribution in [2.45, 2.75) is 46.3 Å². The molecule has 10 heteroatoms. The van der Waals surface area contributed by atoms with Crippen molar-refractivity contribution in [3.05, 3.63) is 59.4 Å². The molecule has 3 aromatic rings. The lowest BCUT2D eigenvalue weighted by Gasteiger charge is -2.34. The summed E-state index contributed by atoms with van der Waals surface area (Å²) in [6, 6.07) is 12.3. The van der Waals surface area contributed by atoms with E-state index in [4.69, 9.17) is 4.74 Å². The molecule has 1 fully saturated rings. The maximum atomic E-state index is 13.2. The van der Waals surface area contributed by atoms with Crippen molar-refractivity contribution in [1.29, 1.82) is 0 Å². The van der Waals surface area contributed by atoms with E-state index in [1.54, 1.807) is 68.0 Å². The molecule has 1 saturated heterocycles. The topological polar surface area (TPSA) is 113 Å². The van der Waals surface area contributed by atoms with Crippen LogP contribution < -0.4 is 10.1 Å². The molecular formula is C29H38N6O4. The first-order valence-electron chi connectivity index (χ1n) is 13.3. The van der Waals surface area contributed by atoms with Crippen molar-refractivity contribution in [3.63, 3.8) is 0 Å². The second-order valence-corrected chi connectivity index (χ2v) is 10.6. The molecular weight excluding hydrogens is 496 g/mol. The summed E-state index contributed by atoms with van der Waals surface area (Å²) < 4.78 is 7.04. The molecule has 2 aromatic carbocycles. The molecule has 10 nitrogen and oxygen atoms in total. The molecule has 1 aromatic heterocycles. The van der Waals surface area contributed by atoms with Gasteiger partial charge >= 0.3 is 0 Å². The van der Waals surface area contributed by atoms with Crippen LogP contribution in [0.1, 0.15) is 61.2 Å². The average Bonchev–Trinajstić information content (AvgIpc) is 3.37. The maximum absolute atomic E-state index is 13.2. The maximum Gasteiger partial charge on any atom is 0.289 e. The molecule has 0 spiro atoms. The monoisotopic (exact) mass is 534 g/mol. The Morgan fingerprint density at radius 1 is 1.05 bits per heavy atom. The van der Waals surface area contributed by atoms with E-state index < -0.39 is 5.60 Å². The average molecular weight is 535 g/mol. The number of rotatable bonds is 8. The number of hydrogen-bond acceptors (Lipinski definition) is 7. The van der Waals surface area contributed by atoms with Gasteiger partial charge in [0.1, 0.15) is 5.75 Å². The van der Waals surface area contributed by atoms with Gasteiger partial charge in [0.05, 0.1) is 12.7 Å². The Kier molecular flexibility index (Phi) is 8.36. The smallest absolute Gasteiger partial charge is 0.289 e. The van der Waals surface area contributed by atoms with Gasteiger partial charge in [0.15, 0.2) is 5.82 Å². The van der Waals surface area contributed by atoms with Crippen LogP contribution in [0.4, 0.5) is 0 Å². The number of ether oxygens (including phenoxy) is 1. The van der Waals surface area contributed by atoms with Gasteiger partial charge in [-0.15, -0.1) is 10.2 Å². The third-order valence-electron chi connectivity index (χ3n) is 6.89. The molecule has 1 aliphatic rings. The number of likely N-dealkylation sites (N-methyl/N-ethyl adjacent to an activating group) is 1. The number of nitrogens with zero attached hydrogens (tertiary/aromatic N) is 5. The van der Waals surface area contributed by atoms with E-state index in [9.17, 15) is 14.7 Å². The Labute approximate surface area is 229 Å². The van der Waals surface area contributed by atoms with Crippen molar-refractivity contribution in [2.75, 3.05) is 39.8 Å². The number of carbonyl (C=O) groups is 2. The summed E-state index contributed by atoms with van der Waals surface area (Å²) in [5.41, 5.74) is 1.15. The lowest BCUT2D eigenvalue weighted by atomic mass is 9.92. The van der Waals surface area contributed by atoms with Gasteiger partial charge in [-0.05, 0) is 82.3 Å². The van der Waals surface area contributed by atoms with Gasteiger partial charge in [0.2, 0.25) is 5.82 Å². The Balaban J connectivity index is 1.76. The third-order valence-corrected chi connectivity index (χ3v) is 6.89. The summed E-state index contributed by atoms with van der Waals surface area (Å²) in [5.74, 6) is 0.682. The van der Waals surface area contributed by atoms with Crippen molar-refractivity contribution in [1.82, 2.24) is 29.9 Å². The number of nitrogens with one attached hydrogen (secondary N) is 1. The molecule has 0 atom stereocenters. The zero-order valence-electron chi connectivity index (χ0n) is 23.6. The van der Waals surface area contributed by atoms with Crippen molar-refractivity contribution >= 4 is 11.8 Å². The second kappa shape index (κ2) is 11.5. The van der Waals surface area contributed by atoms with Gasteiger partial charge < -0.3 is 25.0 Å². The minimum atomic E-state index is -1.22. The predicted octanol–water partition coefficient (Wildman–Crippen LogP) is 3.09. The molecule has 0 saturated carbocycles. The van der Waals surface area contributed by atoms with Crippen LogP contribution >= 0.6 is 0 Å². The van der Waals surface area contributed by atoms with Crippen LogP contribution in [0, 0.1) is 0 Å². The van der Waals surface area contributed by atoms with Gasteiger partial charge in [-0.1, -0.05) is 6.92 Å². The molecule has 2 N–H and O–H groups in total. The highest BCUT2D eigenvalue weighted by atomic mass is 16.5. The molecule has 208 valence electrons. The van der Waals surface area contributed by atoms with Crippen molar-refractivity contribution in [2.24, 2.45) is 0 Å². The minimum Gasteiger partial charge on any atom is -0.497 e. The zero-order chi connectivity index (χ0) is 28.3. The first-order valence-corrected chi connectivity index (χ1v) is 13.3. The van der Waals surface area contributed by atoms with Crippen LogP contribution in [0.5, 0.6) is 5.75 Å². The van der Waals surface area contributed by atoms with Crippen LogP contribution in [0.15, 0.2) is 42.5 Å². The number of methoxy groups -OCH3 is 1. The van der Waals surface area contributed by atoms with Crippen LogP contribution in [0.3, 0.4) is 0 Å². The highest BCUT2D eigenvalue weighted by molar-refractivity contribution is 5.95. The number of piperazine rings is 1. The van der Waals surface area contributed by atoms with Crippen molar-refractivity contribution < 1.29 is 19.4 Å². The van der Waals surface area contributed by atoms with Gasteiger partial charge in [0, 0.05) is 49.0 Å². The van der Waals surface area contributed by atoms with E-state index in [2.05, 4.69) is 27.3 Å². The highest BCUT2D eigenvalue weighted by Gasteiger charge is 2.28. The van der Waals surface area contributed by atoms with Gasteiger partial charge in [-0.2, -0.15) is 0 Å². The number of carbonyl (C=O) groups excluding carboxylic acids is 2. The first kappa shape index (κ1) is 28.3. The Hall–Kier alpha value is -3.76. The predicted molar refractivity (Wildman–Crippen MR) is 149 cm³/mol. The fourth-order valence-corrected chi connectivity index (χ4v) is 4.73. The molecule has 0 unspecified atom stereocenters. The highest BCUT2D eigenvalue weighted by Crippen LogP contribution is 2.35. The molecule has 2 heterocycles. The van der Waals surface area contributed by atoms with Crippen LogP contribution in [-0.2, 0) is 5.60 Å². The molecule has 0 radical (unpaired) electrons. The van der Waals surface area contributed by atoms with Gasteiger partial charge in [-0.25, -0.2) is 0 Å². The lowest BCUT2D eigenvalue weighted by molar-refractivity contribution is 0.0643. The number of aliphatic hydroxyl groups is 1. The number of hydrogen-bond donors (Lipinski definition) is 2. The first-order chi connectivity index (χ1) is 18.5. The Morgan fingerprint density at radius 3 is 2.28 bits per heavy atom. The molecule has 4 rings (SSSR count). The minimum absolute atomic E-state index is 0.0153. The van der Waals surface area contributed by atoms with Crippen LogP contribution in [0.2, 0.25) is 0 Å². The molecule has 0 bridgehead atoms. The summed E-state index contributed by atoms with van der Waals surface area (Å²) in [5, 5.41) is 22.5. The Morgan fingerprint density at radius 2 is 1.72 bits per heavy atom.